The third-order valence-electron chi connectivity index (χ3n) is 3.48. The molecule has 0 fully saturated rings. The maximum absolute atomic E-state index is 12.1. The molecular weight excluding hydrogens is 415 g/mol. The third-order valence-corrected chi connectivity index (χ3v) is 6.43. The first kappa shape index (κ1) is 20.9. The number of thioether (sulfide) groups is 1. The maximum atomic E-state index is 12.1. The van der Waals surface area contributed by atoms with Crippen LogP contribution < -0.4 is 9.62 Å². The monoisotopic (exact) mass is 432 g/mol. The van der Waals surface area contributed by atoms with Crippen molar-refractivity contribution in [3.8, 4) is 0 Å². The summed E-state index contributed by atoms with van der Waals surface area (Å²) in [5, 5.41) is 3.75. The second-order valence-corrected chi connectivity index (χ2v) is 9.38. The van der Waals surface area contributed by atoms with Crippen LogP contribution in [0, 0.1) is 0 Å². The van der Waals surface area contributed by atoms with Crippen molar-refractivity contribution in [1.82, 2.24) is 0 Å². The Morgan fingerprint density at radius 3 is 2.54 bits per heavy atom. The highest BCUT2D eigenvalue weighted by Gasteiger charge is 2.12. The molecule has 0 aromatic heterocycles. The molecule has 26 heavy (non-hydrogen) atoms. The minimum absolute atomic E-state index is 0.172. The second-order valence-electron chi connectivity index (χ2n) is 5.57. The number of hydrogen-bond donors (Lipinski definition) is 1. The molecule has 0 aliphatic carbocycles. The zero-order valence-corrected chi connectivity index (χ0v) is 17.3. The molecule has 2 rings (SSSR count). The number of halogens is 2. The van der Waals surface area contributed by atoms with E-state index in [1.165, 1.54) is 18.8 Å². The van der Waals surface area contributed by atoms with Gasteiger partial charge in [-0.2, -0.15) is 0 Å². The van der Waals surface area contributed by atoms with E-state index in [-0.39, 0.29) is 11.7 Å². The first-order valence-corrected chi connectivity index (χ1v) is 11.3. The highest BCUT2D eigenvalue weighted by molar-refractivity contribution is 7.99. The molecule has 0 bridgehead atoms. The van der Waals surface area contributed by atoms with Gasteiger partial charge in [0.1, 0.15) is 0 Å². The van der Waals surface area contributed by atoms with Crippen LogP contribution in [0.2, 0.25) is 10.0 Å². The Morgan fingerprint density at radius 1 is 1.15 bits per heavy atom. The fraction of sp³-hybridized carbons (Fsp3) is 0.235. The van der Waals surface area contributed by atoms with Gasteiger partial charge >= 0.3 is 0 Å². The van der Waals surface area contributed by atoms with Gasteiger partial charge in [0.15, 0.2) is 0 Å². The zero-order valence-electron chi connectivity index (χ0n) is 14.2. The van der Waals surface area contributed by atoms with Crippen molar-refractivity contribution in [1.29, 1.82) is 0 Å². The molecule has 0 heterocycles. The Bertz CT molecular complexity index is 905. The van der Waals surface area contributed by atoms with Crippen LogP contribution in [-0.2, 0) is 20.6 Å². The van der Waals surface area contributed by atoms with Gasteiger partial charge in [0.2, 0.25) is 15.9 Å². The zero-order chi connectivity index (χ0) is 19.3. The van der Waals surface area contributed by atoms with Crippen LogP contribution in [0.15, 0.2) is 42.5 Å². The third kappa shape index (κ3) is 6.09. The van der Waals surface area contributed by atoms with Crippen molar-refractivity contribution >= 4 is 62.3 Å². The summed E-state index contributed by atoms with van der Waals surface area (Å²) in [7, 11) is -1.89. The average molecular weight is 433 g/mol. The predicted molar refractivity (Wildman–Crippen MR) is 111 cm³/mol. The van der Waals surface area contributed by atoms with Gasteiger partial charge in [-0.1, -0.05) is 35.3 Å². The van der Waals surface area contributed by atoms with E-state index in [0.717, 1.165) is 16.1 Å². The molecule has 0 aliphatic heterocycles. The van der Waals surface area contributed by atoms with E-state index in [0.29, 0.717) is 27.2 Å². The SMILES string of the molecule is CN(c1cccc(NC(=O)CSCc2ccc(Cl)c(Cl)c2)c1)S(C)(=O)=O. The Morgan fingerprint density at radius 2 is 1.88 bits per heavy atom. The standard InChI is InChI=1S/C17H18Cl2N2O3S2/c1-21(26(2,23)24)14-5-3-4-13(9-14)20-17(22)11-25-10-12-6-7-15(18)16(19)8-12/h3-9H,10-11H2,1-2H3,(H,20,22). The summed E-state index contributed by atoms with van der Waals surface area (Å²) in [4.78, 5) is 12.1. The Balaban J connectivity index is 1.90. The van der Waals surface area contributed by atoms with Crippen molar-refractivity contribution in [3.63, 3.8) is 0 Å². The Labute approximate surface area is 167 Å². The number of anilines is 2. The number of nitrogens with zero attached hydrogens (tertiary/aromatic N) is 1. The number of benzene rings is 2. The van der Waals surface area contributed by atoms with E-state index >= 15 is 0 Å². The Kier molecular flexibility index (Phi) is 7.23. The van der Waals surface area contributed by atoms with E-state index in [9.17, 15) is 13.2 Å². The highest BCUT2D eigenvalue weighted by atomic mass is 35.5. The largest absolute Gasteiger partial charge is 0.325 e. The number of sulfonamides is 1. The summed E-state index contributed by atoms with van der Waals surface area (Å²) in [6.45, 7) is 0. The molecule has 0 unspecified atom stereocenters. The molecular formula is C17H18Cl2N2O3S2. The van der Waals surface area contributed by atoms with E-state index in [1.807, 2.05) is 6.07 Å². The minimum Gasteiger partial charge on any atom is -0.325 e. The summed E-state index contributed by atoms with van der Waals surface area (Å²) in [5.74, 6) is 0.710. The van der Waals surface area contributed by atoms with Crippen LogP contribution in [-0.4, -0.2) is 33.4 Å². The molecule has 0 aliphatic rings. The van der Waals surface area contributed by atoms with Gasteiger partial charge in [0.05, 0.1) is 27.7 Å². The lowest BCUT2D eigenvalue weighted by Crippen LogP contribution is -2.25. The molecule has 0 atom stereocenters. The van der Waals surface area contributed by atoms with Crippen LogP contribution in [0.25, 0.3) is 0 Å². The number of hydrogen-bond acceptors (Lipinski definition) is 4. The van der Waals surface area contributed by atoms with Crippen molar-refractivity contribution in [2.75, 3.05) is 28.7 Å². The second kappa shape index (κ2) is 8.99. The quantitative estimate of drug-likeness (QED) is 0.709. The van der Waals surface area contributed by atoms with Gasteiger partial charge in [0, 0.05) is 18.5 Å². The molecule has 0 saturated heterocycles. The van der Waals surface area contributed by atoms with E-state index in [1.54, 1.807) is 36.4 Å². The predicted octanol–water partition coefficient (Wildman–Crippen LogP) is 4.26. The summed E-state index contributed by atoms with van der Waals surface area (Å²) in [5.41, 5.74) is 2.00. The highest BCUT2D eigenvalue weighted by Crippen LogP contribution is 2.25. The van der Waals surface area contributed by atoms with E-state index < -0.39 is 10.0 Å². The molecule has 2 aromatic rings. The fourth-order valence-electron chi connectivity index (χ4n) is 2.06. The minimum atomic E-state index is -3.36. The molecule has 0 saturated carbocycles. The van der Waals surface area contributed by atoms with Gasteiger partial charge in [-0.05, 0) is 35.9 Å². The molecule has 2 aromatic carbocycles. The van der Waals surface area contributed by atoms with E-state index in [2.05, 4.69) is 5.32 Å². The number of amides is 1. The summed E-state index contributed by atoms with van der Waals surface area (Å²) in [6, 6.07) is 12.0. The van der Waals surface area contributed by atoms with Crippen LogP contribution in [0.1, 0.15) is 5.56 Å². The van der Waals surface area contributed by atoms with Gasteiger partial charge in [-0.15, -0.1) is 11.8 Å². The molecule has 5 nitrogen and oxygen atoms in total. The lowest BCUT2D eigenvalue weighted by atomic mass is 10.2. The van der Waals surface area contributed by atoms with Gasteiger partial charge in [-0.3, -0.25) is 9.10 Å². The van der Waals surface area contributed by atoms with Gasteiger partial charge < -0.3 is 5.32 Å². The van der Waals surface area contributed by atoms with Crippen LogP contribution in [0.4, 0.5) is 11.4 Å². The summed E-state index contributed by atoms with van der Waals surface area (Å²) in [6.07, 6.45) is 1.12. The molecule has 1 amide bonds. The smallest absolute Gasteiger partial charge is 0.234 e. The van der Waals surface area contributed by atoms with Crippen molar-refractivity contribution < 1.29 is 13.2 Å². The van der Waals surface area contributed by atoms with Crippen molar-refractivity contribution in [2.45, 2.75) is 5.75 Å². The Hall–Kier alpha value is -1.41. The van der Waals surface area contributed by atoms with E-state index in [4.69, 9.17) is 23.2 Å². The average Bonchev–Trinajstić information content (AvgIpc) is 2.57. The number of carbonyl (C=O) groups excluding carboxylic acids is 1. The molecule has 9 heteroatoms. The normalized spacial score (nSPS) is 11.2. The lowest BCUT2D eigenvalue weighted by Gasteiger charge is -2.17. The topological polar surface area (TPSA) is 66.5 Å². The summed E-state index contributed by atoms with van der Waals surface area (Å²) < 4.78 is 24.4. The summed E-state index contributed by atoms with van der Waals surface area (Å²) >= 11 is 13.3. The van der Waals surface area contributed by atoms with Crippen LogP contribution in [0.3, 0.4) is 0 Å². The lowest BCUT2D eigenvalue weighted by molar-refractivity contribution is -0.113. The van der Waals surface area contributed by atoms with Crippen molar-refractivity contribution in [2.24, 2.45) is 0 Å². The van der Waals surface area contributed by atoms with Crippen LogP contribution in [0.5, 0.6) is 0 Å². The fourth-order valence-corrected chi connectivity index (χ4v) is 3.65. The molecule has 0 spiro atoms. The number of carbonyl (C=O) groups is 1. The van der Waals surface area contributed by atoms with Gasteiger partial charge in [0.25, 0.3) is 0 Å². The molecule has 1 N–H and O–H groups in total. The number of nitrogens with one attached hydrogen (secondary N) is 1. The maximum Gasteiger partial charge on any atom is 0.234 e. The van der Waals surface area contributed by atoms with Gasteiger partial charge in [-0.25, -0.2) is 8.42 Å². The first-order valence-electron chi connectivity index (χ1n) is 7.52. The number of rotatable bonds is 7. The molecule has 140 valence electrons. The van der Waals surface area contributed by atoms with Crippen molar-refractivity contribution in [3.05, 3.63) is 58.1 Å². The van der Waals surface area contributed by atoms with Crippen LogP contribution >= 0.6 is 35.0 Å². The molecule has 0 radical (unpaired) electrons. The first-order chi connectivity index (χ1) is 12.2.